The van der Waals surface area contributed by atoms with Crippen molar-refractivity contribution in [2.75, 3.05) is 6.29 Å². The molecule has 1 aliphatic rings. The van der Waals surface area contributed by atoms with Crippen LogP contribution in [-0.2, 0) is 37.0 Å². The van der Waals surface area contributed by atoms with Crippen molar-refractivity contribution < 1.29 is 43.2 Å². The van der Waals surface area contributed by atoms with Gasteiger partial charge in [-0.3, -0.25) is 10.1 Å². The van der Waals surface area contributed by atoms with E-state index >= 15 is 4.79 Å². The molecule has 0 aliphatic carbocycles. The summed E-state index contributed by atoms with van der Waals surface area (Å²) in [4.78, 5) is 80.2. The first-order chi connectivity index (χ1) is 28.2. The summed E-state index contributed by atoms with van der Waals surface area (Å²) in [6.45, 7) is -2.77. The normalized spacial score (nSPS) is 17.3. The van der Waals surface area contributed by atoms with E-state index < -0.39 is 76.7 Å². The fourth-order valence-electron chi connectivity index (χ4n) is 8.13. The summed E-state index contributed by atoms with van der Waals surface area (Å²) in [6.07, 6.45) is -3.18. The molecule has 0 bridgehead atoms. The number of rotatable bonds is 16. The van der Waals surface area contributed by atoms with E-state index in [-0.39, 0.29) is 28.8 Å². The predicted octanol–water partition coefficient (Wildman–Crippen LogP) is 7.74. The third-order valence-corrected chi connectivity index (χ3v) is 17.2. The average Bonchev–Trinajstić information content (AvgIpc) is 3.23. The first-order valence-corrected chi connectivity index (χ1v) is 21.2. The summed E-state index contributed by atoms with van der Waals surface area (Å²) >= 11 is 6.10. The summed E-state index contributed by atoms with van der Waals surface area (Å²) < 4.78 is 17.1. The minimum atomic E-state index is -4.87. The van der Waals surface area contributed by atoms with Gasteiger partial charge in [-0.25, -0.2) is 0 Å². The van der Waals surface area contributed by atoms with Gasteiger partial charge in [0.25, 0.3) is 0 Å². The Balaban J connectivity index is 1.46. The maximum absolute atomic E-state index is 15.8. The van der Waals surface area contributed by atoms with Crippen molar-refractivity contribution in [3.63, 3.8) is 0 Å². The quantitative estimate of drug-likeness (QED) is 0.0236. The zero-order chi connectivity index (χ0) is 42.4. The second kappa shape index (κ2) is 17.2. The Kier molecular flexibility index (Phi) is 12.2. The van der Waals surface area contributed by atoms with Gasteiger partial charge in [0.1, 0.15) is 0 Å². The Morgan fingerprint density at radius 1 is 0.712 bits per heavy atom. The van der Waals surface area contributed by atoms with Crippen LogP contribution in [0, 0.1) is 26.1 Å². The summed E-state index contributed by atoms with van der Waals surface area (Å²) in [7, 11) is 0. The number of β-lactam (4-membered cyclic amide) rings is 1. The first kappa shape index (κ1) is 42.1. The second-order valence-electron chi connectivity index (χ2n) is 14.3. The molecule has 14 nitrogen and oxygen atoms in total. The van der Waals surface area contributed by atoms with Crippen LogP contribution in [0.1, 0.15) is 31.4 Å². The van der Waals surface area contributed by atoms with E-state index in [4.69, 9.17) is 25.8 Å². The van der Waals surface area contributed by atoms with Crippen LogP contribution in [0.15, 0.2) is 140 Å². The van der Waals surface area contributed by atoms with Crippen LogP contribution in [0.25, 0.3) is 0 Å². The molecule has 0 N–H and O–H groups in total. The molecule has 1 fully saturated rings. The Morgan fingerprint density at radius 2 is 1.12 bits per heavy atom. The molecule has 0 radical (unpaired) electrons. The Labute approximate surface area is 343 Å². The van der Waals surface area contributed by atoms with Gasteiger partial charge in [-0.1, -0.05) is 6.07 Å². The molecule has 16 heteroatoms. The molecule has 59 heavy (non-hydrogen) atoms. The summed E-state index contributed by atoms with van der Waals surface area (Å²) in [5, 5.41) is 24.2. The number of hydrogen-bond acceptors (Lipinski definition) is 11. The van der Waals surface area contributed by atoms with Gasteiger partial charge in [-0.05, 0) is 0 Å². The van der Waals surface area contributed by atoms with Crippen LogP contribution in [0.3, 0.4) is 0 Å². The van der Waals surface area contributed by atoms with Gasteiger partial charge in [0.05, 0.1) is 0 Å². The third-order valence-electron chi connectivity index (χ3n) is 10.9. The number of para-hydroxylation sites is 2. The molecule has 0 aromatic heterocycles. The number of ether oxygens (including phenoxy) is 3. The van der Waals surface area contributed by atoms with Crippen LogP contribution >= 0.6 is 18.2 Å². The SMILES string of the molecule is CC(OC(=O)OCc1ccccc1[N+](=O)[O-])C1C(=O)N(CP(C(=O)OCc2ccccc2[N+](=O)[O-])(c2ccccc2)(c2ccccc2)c2ccccc2)C1(C)CC(=O)Cl. The Morgan fingerprint density at radius 3 is 1.54 bits per heavy atom. The number of nitro benzene ring substituents is 2. The van der Waals surface area contributed by atoms with Crippen molar-refractivity contribution in [1.82, 2.24) is 4.90 Å². The minimum absolute atomic E-state index is 0.119. The van der Waals surface area contributed by atoms with Crippen LogP contribution in [0.2, 0.25) is 0 Å². The second-order valence-corrected chi connectivity index (χ2v) is 19.5. The zero-order valence-corrected chi connectivity index (χ0v) is 33.6. The van der Waals surface area contributed by atoms with Crippen molar-refractivity contribution in [3.8, 4) is 0 Å². The Hall–Kier alpha value is -6.50. The average molecular weight is 840 g/mol. The van der Waals surface area contributed by atoms with Gasteiger partial charge in [-0.15, -0.1) is 0 Å². The molecule has 1 heterocycles. The molecule has 6 rings (SSSR count). The number of benzene rings is 5. The number of hydrogen-bond donors (Lipinski definition) is 0. The van der Waals surface area contributed by atoms with Crippen molar-refractivity contribution in [3.05, 3.63) is 171 Å². The monoisotopic (exact) mass is 839 g/mol. The molecule has 3 unspecified atom stereocenters. The molecule has 1 amide bonds. The number of nitro groups is 2. The molecular formula is C43H39ClN3O11P. The number of likely N-dealkylation sites (tertiary alicyclic amines) is 1. The van der Waals surface area contributed by atoms with Gasteiger partial charge in [0.15, 0.2) is 0 Å². The van der Waals surface area contributed by atoms with Crippen LogP contribution in [0.5, 0.6) is 0 Å². The maximum atomic E-state index is 15.8. The molecule has 5 aromatic carbocycles. The van der Waals surface area contributed by atoms with E-state index in [9.17, 15) is 34.6 Å². The number of carbonyl (C=O) groups is 4. The molecule has 304 valence electrons. The number of nitrogens with zero attached hydrogens (tertiary/aromatic N) is 3. The van der Waals surface area contributed by atoms with Gasteiger partial charge in [0, 0.05) is 0 Å². The van der Waals surface area contributed by atoms with E-state index in [1.165, 1.54) is 48.2 Å². The molecule has 0 spiro atoms. The standard InChI is InChI=1S/C43H39ClN3O11P/c1-30(58-41(50)56-27-31-16-12-14-24-36(31)46(52)53)39-40(49)45(43(39,2)26-38(44)48)29-59(33-18-6-3-7-19-33,34-20-8-4-9-21-34,35-22-10-5-11-23-35)42(51)57-28-32-17-13-15-25-37(32)47(54)55/h3-25,30,39H,26-29H2,1-2H3. The van der Waals surface area contributed by atoms with E-state index in [0.29, 0.717) is 15.9 Å². The van der Waals surface area contributed by atoms with Crippen LogP contribution < -0.4 is 15.9 Å². The van der Waals surface area contributed by atoms with Crippen molar-refractivity contribution in [2.45, 2.75) is 45.1 Å². The number of carbonyl (C=O) groups excluding carboxylic acids is 4. The molecule has 0 saturated carbocycles. The van der Waals surface area contributed by atoms with Gasteiger partial charge in [0.2, 0.25) is 0 Å². The molecule has 1 saturated heterocycles. The Bertz CT molecular complexity index is 2300. The van der Waals surface area contributed by atoms with E-state index in [0.717, 1.165) is 0 Å². The van der Waals surface area contributed by atoms with Gasteiger partial charge in [-0.2, -0.15) is 0 Å². The van der Waals surface area contributed by atoms with Crippen LogP contribution in [0.4, 0.5) is 21.0 Å². The van der Waals surface area contributed by atoms with Crippen molar-refractivity contribution in [1.29, 1.82) is 0 Å². The topological polar surface area (TPSA) is 185 Å². The van der Waals surface area contributed by atoms with E-state index in [1.807, 2.05) is 0 Å². The first-order valence-electron chi connectivity index (χ1n) is 18.4. The summed E-state index contributed by atoms with van der Waals surface area (Å²) in [5.74, 6) is -1.75. The summed E-state index contributed by atoms with van der Waals surface area (Å²) in [5.41, 5.74) is -2.46. The third kappa shape index (κ3) is 7.64. The van der Waals surface area contributed by atoms with Crippen molar-refractivity contribution in [2.24, 2.45) is 5.92 Å². The number of halogens is 1. The van der Waals surface area contributed by atoms with Crippen molar-refractivity contribution >= 4 is 68.5 Å². The predicted molar refractivity (Wildman–Crippen MR) is 221 cm³/mol. The molecular weight excluding hydrogens is 801 g/mol. The van der Waals surface area contributed by atoms with E-state index in [1.54, 1.807) is 110 Å². The molecule has 5 aromatic rings. The number of amides is 1. The van der Waals surface area contributed by atoms with Crippen LogP contribution in [-0.4, -0.2) is 55.7 Å². The summed E-state index contributed by atoms with van der Waals surface area (Å²) in [6, 6.07) is 38.1. The van der Waals surface area contributed by atoms with E-state index in [2.05, 4.69) is 0 Å². The fraction of sp³-hybridized carbons (Fsp3) is 0.209. The zero-order valence-electron chi connectivity index (χ0n) is 31.9. The van der Waals surface area contributed by atoms with Gasteiger partial charge < -0.3 is 0 Å². The fourth-order valence-corrected chi connectivity index (χ4v) is 14.4. The van der Waals surface area contributed by atoms with Gasteiger partial charge >= 0.3 is 329 Å². The molecule has 1 aliphatic heterocycles. The molecule has 3 atom stereocenters.